The number of rotatable bonds is 8. The third-order valence-corrected chi connectivity index (χ3v) is 4.10. The van der Waals surface area contributed by atoms with E-state index in [9.17, 15) is 0 Å². The zero-order chi connectivity index (χ0) is 13.2. The van der Waals surface area contributed by atoms with Gasteiger partial charge >= 0.3 is 0 Å². The van der Waals surface area contributed by atoms with Crippen LogP contribution >= 0.6 is 0 Å². The summed E-state index contributed by atoms with van der Waals surface area (Å²) in [5.74, 6) is 1.80. The summed E-state index contributed by atoms with van der Waals surface area (Å²) in [6, 6.07) is 0.719. The second-order valence-electron chi connectivity index (χ2n) is 5.85. The van der Waals surface area contributed by atoms with Gasteiger partial charge in [0.2, 0.25) is 0 Å². The van der Waals surface area contributed by atoms with Gasteiger partial charge in [0, 0.05) is 12.6 Å². The van der Waals surface area contributed by atoms with Crippen LogP contribution in [0.2, 0.25) is 0 Å². The van der Waals surface area contributed by atoms with Gasteiger partial charge in [0.25, 0.3) is 0 Å². The summed E-state index contributed by atoms with van der Waals surface area (Å²) < 4.78 is 5.52. The van der Waals surface area contributed by atoms with Gasteiger partial charge in [-0.3, -0.25) is 0 Å². The molecule has 0 aromatic rings. The summed E-state index contributed by atoms with van der Waals surface area (Å²) in [5, 5.41) is 3.65. The van der Waals surface area contributed by atoms with Crippen LogP contribution in [0.25, 0.3) is 0 Å². The number of ether oxygens (including phenoxy) is 1. The summed E-state index contributed by atoms with van der Waals surface area (Å²) in [7, 11) is 0. The maximum Gasteiger partial charge on any atom is 0.0591 e. The van der Waals surface area contributed by atoms with Crippen LogP contribution in [-0.4, -0.2) is 25.8 Å². The van der Waals surface area contributed by atoms with E-state index < -0.39 is 0 Å². The van der Waals surface area contributed by atoms with E-state index in [1.807, 2.05) is 6.08 Å². The van der Waals surface area contributed by atoms with Crippen molar-refractivity contribution in [3.63, 3.8) is 0 Å². The second-order valence-corrected chi connectivity index (χ2v) is 5.85. The largest absolute Gasteiger partial charge is 0.380 e. The number of hydrogen-bond donors (Lipinski definition) is 1. The van der Waals surface area contributed by atoms with Crippen LogP contribution in [0.3, 0.4) is 0 Å². The molecule has 2 nitrogen and oxygen atoms in total. The Kier molecular flexibility index (Phi) is 8.36. The van der Waals surface area contributed by atoms with Gasteiger partial charge in [0.05, 0.1) is 13.2 Å². The fourth-order valence-corrected chi connectivity index (χ4v) is 2.81. The molecule has 0 spiro atoms. The first-order valence-electron chi connectivity index (χ1n) is 7.66. The molecule has 1 rings (SSSR count). The van der Waals surface area contributed by atoms with Gasteiger partial charge in [-0.15, -0.1) is 6.58 Å². The van der Waals surface area contributed by atoms with Gasteiger partial charge in [-0.25, -0.2) is 0 Å². The molecule has 2 heteroatoms. The van der Waals surface area contributed by atoms with Gasteiger partial charge in [0.1, 0.15) is 0 Å². The summed E-state index contributed by atoms with van der Waals surface area (Å²) in [5.41, 5.74) is 0. The molecule has 0 aromatic carbocycles. The Morgan fingerprint density at radius 2 is 2.06 bits per heavy atom. The third-order valence-electron chi connectivity index (χ3n) is 4.10. The smallest absolute Gasteiger partial charge is 0.0591 e. The fourth-order valence-electron chi connectivity index (χ4n) is 2.81. The molecule has 0 amide bonds. The second kappa shape index (κ2) is 9.57. The molecule has 1 fully saturated rings. The molecule has 0 heterocycles. The summed E-state index contributed by atoms with van der Waals surface area (Å²) >= 11 is 0. The predicted molar refractivity (Wildman–Crippen MR) is 78.8 cm³/mol. The van der Waals surface area contributed by atoms with Crippen molar-refractivity contribution in [2.45, 2.75) is 58.4 Å². The van der Waals surface area contributed by atoms with Crippen molar-refractivity contribution in [3.05, 3.63) is 12.7 Å². The van der Waals surface area contributed by atoms with E-state index in [0.29, 0.717) is 0 Å². The van der Waals surface area contributed by atoms with Crippen LogP contribution < -0.4 is 5.32 Å². The van der Waals surface area contributed by atoms with Crippen molar-refractivity contribution < 1.29 is 4.74 Å². The molecule has 1 aliphatic rings. The minimum absolute atomic E-state index is 0.719. The molecule has 2 unspecified atom stereocenters. The molecule has 1 saturated carbocycles. The Balaban J connectivity index is 2.06. The summed E-state index contributed by atoms with van der Waals surface area (Å²) in [6.07, 6.45) is 9.76. The fraction of sp³-hybridized carbons (Fsp3) is 0.875. The molecular formula is C16H31NO. The van der Waals surface area contributed by atoms with E-state index in [-0.39, 0.29) is 0 Å². The summed E-state index contributed by atoms with van der Waals surface area (Å²) in [6.45, 7) is 11.1. The highest BCUT2D eigenvalue weighted by molar-refractivity contribution is 4.76. The first-order chi connectivity index (χ1) is 8.74. The van der Waals surface area contributed by atoms with Crippen LogP contribution in [0.1, 0.15) is 52.4 Å². The van der Waals surface area contributed by atoms with Crippen LogP contribution in [0, 0.1) is 11.8 Å². The van der Waals surface area contributed by atoms with E-state index in [0.717, 1.165) is 44.1 Å². The molecule has 0 aliphatic heterocycles. The highest BCUT2D eigenvalue weighted by Crippen LogP contribution is 2.28. The molecular weight excluding hydrogens is 222 g/mol. The molecule has 1 aliphatic carbocycles. The molecule has 0 bridgehead atoms. The summed E-state index contributed by atoms with van der Waals surface area (Å²) in [4.78, 5) is 0. The maximum atomic E-state index is 5.52. The Bertz CT molecular complexity index is 215. The number of nitrogens with one attached hydrogen (secondary N) is 1. The van der Waals surface area contributed by atoms with Crippen molar-refractivity contribution in [1.29, 1.82) is 0 Å². The first kappa shape index (κ1) is 15.7. The zero-order valence-electron chi connectivity index (χ0n) is 12.3. The van der Waals surface area contributed by atoms with Crippen molar-refractivity contribution in [1.82, 2.24) is 5.32 Å². The van der Waals surface area contributed by atoms with Crippen molar-refractivity contribution in [3.8, 4) is 0 Å². The van der Waals surface area contributed by atoms with E-state index in [1.165, 1.54) is 32.1 Å². The Morgan fingerprint density at radius 1 is 1.22 bits per heavy atom. The highest BCUT2D eigenvalue weighted by Gasteiger charge is 2.20. The molecule has 106 valence electrons. The minimum atomic E-state index is 0.719. The van der Waals surface area contributed by atoms with E-state index in [1.54, 1.807) is 0 Å². The Hall–Kier alpha value is -0.340. The lowest BCUT2D eigenvalue weighted by Crippen LogP contribution is -2.31. The van der Waals surface area contributed by atoms with Gasteiger partial charge in [0.15, 0.2) is 0 Å². The lowest BCUT2D eigenvalue weighted by molar-refractivity contribution is 0.137. The lowest BCUT2D eigenvalue weighted by atomic mass is 9.89. The van der Waals surface area contributed by atoms with Crippen molar-refractivity contribution in [2.75, 3.05) is 19.8 Å². The molecule has 0 radical (unpaired) electrons. The average Bonchev–Trinajstić information content (AvgIpc) is 2.59. The van der Waals surface area contributed by atoms with Crippen molar-refractivity contribution in [2.24, 2.45) is 11.8 Å². The predicted octanol–water partition coefficient (Wildman–Crippen LogP) is 3.77. The van der Waals surface area contributed by atoms with Gasteiger partial charge < -0.3 is 10.1 Å². The quantitative estimate of drug-likeness (QED) is 0.404. The molecule has 18 heavy (non-hydrogen) atoms. The third kappa shape index (κ3) is 6.55. The van der Waals surface area contributed by atoms with E-state index in [4.69, 9.17) is 4.74 Å². The van der Waals surface area contributed by atoms with Crippen LogP contribution in [0.15, 0.2) is 12.7 Å². The van der Waals surface area contributed by atoms with Gasteiger partial charge in [-0.1, -0.05) is 32.8 Å². The minimum Gasteiger partial charge on any atom is -0.380 e. The van der Waals surface area contributed by atoms with Gasteiger partial charge in [-0.2, -0.15) is 0 Å². The van der Waals surface area contributed by atoms with E-state index in [2.05, 4.69) is 25.7 Å². The maximum absolute atomic E-state index is 5.52. The lowest BCUT2D eigenvalue weighted by Gasteiger charge is -2.19. The Labute approximate surface area is 113 Å². The first-order valence-corrected chi connectivity index (χ1v) is 7.66. The van der Waals surface area contributed by atoms with Crippen molar-refractivity contribution >= 4 is 0 Å². The molecule has 1 N–H and O–H groups in total. The van der Waals surface area contributed by atoms with Crippen LogP contribution in [-0.2, 0) is 4.74 Å². The molecule has 2 atom stereocenters. The van der Waals surface area contributed by atoms with Gasteiger partial charge in [-0.05, 0) is 37.5 Å². The standard InChI is InChI=1S/C16H31NO/c1-4-5-12-18-13-11-17-16-8-6-7-15(9-10-16)14(2)3/h4,14-17H,1,5-13H2,2-3H3. The Morgan fingerprint density at radius 3 is 2.78 bits per heavy atom. The molecule has 0 aromatic heterocycles. The SMILES string of the molecule is C=CCCOCCNC1CCCC(C(C)C)CC1. The highest BCUT2D eigenvalue weighted by atomic mass is 16.5. The van der Waals surface area contributed by atoms with Crippen LogP contribution in [0.5, 0.6) is 0 Å². The van der Waals surface area contributed by atoms with Crippen LogP contribution in [0.4, 0.5) is 0 Å². The topological polar surface area (TPSA) is 21.3 Å². The monoisotopic (exact) mass is 253 g/mol. The molecule has 0 saturated heterocycles. The average molecular weight is 253 g/mol. The van der Waals surface area contributed by atoms with E-state index >= 15 is 0 Å². The normalized spacial score (nSPS) is 25.1. The zero-order valence-corrected chi connectivity index (χ0v) is 12.3. The number of hydrogen-bond acceptors (Lipinski definition) is 2.